The highest BCUT2D eigenvalue weighted by Gasteiger charge is 2.20. The van der Waals surface area contributed by atoms with Crippen LogP contribution in [-0.4, -0.2) is 42.4 Å². The predicted molar refractivity (Wildman–Crippen MR) is 116 cm³/mol. The van der Waals surface area contributed by atoms with E-state index in [2.05, 4.69) is 10.3 Å². The summed E-state index contributed by atoms with van der Waals surface area (Å²) in [5.41, 5.74) is 8.70. The van der Waals surface area contributed by atoms with Gasteiger partial charge in [0.2, 0.25) is 0 Å². The summed E-state index contributed by atoms with van der Waals surface area (Å²) < 4.78 is 11.4. The van der Waals surface area contributed by atoms with Crippen molar-refractivity contribution < 1.29 is 14.3 Å². The number of aromatic nitrogens is 1. The quantitative estimate of drug-likeness (QED) is 0.440. The molecule has 2 fully saturated rings. The summed E-state index contributed by atoms with van der Waals surface area (Å²) in [6, 6.07) is 3.74. The maximum atomic E-state index is 12.0. The van der Waals surface area contributed by atoms with Crippen molar-refractivity contribution >= 4 is 11.8 Å². The third-order valence-electron chi connectivity index (χ3n) is 5.97. The van der Waals surface area contributed by atoms with Gasteiger partial charge in [-0.15, -0.1) is 0 Å². The number of carbonyl (C=O) groups is 1. The van der Waals surface area contributed by atoms with Crippen molar-refractivity contribution in [3.8, 4) is 5.75 Å². The number of aryl methyl sites for hydroxylation is 1. The molecular formula is C22H35N5O3. The highest BCUT2D eigenvalue weighted by atomic mass is 16.5. The molecule has 2 aliphatic rings. The number of amides is 1. The molecule has 30 heavy (non-hydrogen) atoms. The van der Waals surface area contributed by atoms with Gasteiger partial charge in [-0.25, -0.2) is 15.6 Å². The van der Waals surface area contributed by atoms with E-state index >= 15 is 0 Å². The minimum Gasteiger partial charge on any atom is -0.489 e. The van der Waals surface area contributed by atoms with E-state index in [1.165, 1.54) is 30.7 Å². The van der Waals surface area contributed by atoms with Gasteiger partial charge < -0.3 is 25.5 Å². The number of rotatable bonds is 8. The Kier molecular flexibility index (Phi) is 7.79. The molecule has 8 heteroatoms. The topological polar surface area (TPSA) is 116 Å². The molecule has 2 saturated carbocycles. The number of pyridine rings is 1. The zero-order valence-electron chi connectivity index (χ0n) is 18.2. The van der Waals surface area contributed by atoms with Crippen LogP contribution in [0.25, 0.3) is 5.70 Å². The van der Waals surface area contributed by atoms with Crippen LogP contribution in [0, 0.1) is 12.8 Å². The van der Waals surface area contributed by atoms with Gasteiger partial charge in [0.1, 0.15) is 5.75 Å². The zero-order valence-corrected chi connectivity index (χ0v) is 18.2. The van der Waals surface area contributed by atoms with Gasteiger partial charge in [0.15, 0.2) is 0 Å². The molecule has 0 aromatic carbocycles. The molecule has 5 N–H and O–H groups in total. The minimum absolute atomic E-state index is 0.156. The number of hydrogen-bond donors (Lipinski definition) is 3. The molecular weight excluding hydrogens is 382 g/mol. The van der Waals surface area contributed by atoms with Gasteiger partial charge in [-0.3, -0.25) is 0 Å². The summed E-state index contributed by atoms with van der Waals surface area (Å²) in [4.78, 5) is 16.6. The van der Waals surface area contributed by atoms with Crippen molar-refractivity contribution in [2.45, 2.75) is 64.4 Å². The van der Waals surface area contributed by atoms with Crippen molar-refractivity contribution in [1.82, 2.24) is 15.3 Å². The van der Waals surface area contributed by atoms with E-state index in [1.54, 1.807) is 7.05 Å². The summed E-state index contributed by atoms with van der Waals surface area (Å²) in [6.07, 6.45) is 9.17. The molecule has 0 spiro atoms. The van der Waals surface area contributed by atoms with Crippen LogP contribution in [-0.2, 0) is 4.74 Å². The highest BCUT2D eigenvalue weighted by molar-refractivity contribution is 5.69. The Labute approximate surface area is 179 Å². The third-order valence-corrected chi connectivity index (χ3v) is 5.97. The molecule has 8 nitrogen and oxygen atoms in total. The molecule has 0 saturated heterocycles. The van der Waals surface area contributed by atoms with Crippen LogP contribution in [0.3, 0.4) is 0 Å². The standard InChI is InChI=1S/C22H35N5O3/c1-15-20(30-17-9-4-3-5-10-17)12-11-18(26-15)21(23)19(27(2)24)13-25-22(28)29-14-16-7-6-8-16/h11-12,16-17H,3-10,13-14,23-24H2,1-2H3,(H,25,28)/b21-19-. The van der Waals surface area contributed by atoms with E-state index in [1.807, 2.05) is 19.1 Å². The molecule has 166 valence electrons. The van der Waals surface area contributed by atoms with Crippen LogP contribution in [0.15, 0.2) is 17.8 Å². The van der Waals surface area contributed by atoms with Gasteiger partial charge in [0.25, 0.3) is 0 Å². The average molecular weight is 418 g/mol. The Hall–Kier alpha value is -2.48. The molecule has 1 amide bonds. The summed E-state index contributed by atoms with van der Waals surface area (Å²) in [5, 5.41) is 4.12. The first-order valence-corrected chi connectivity index (χ1v) is 11.0. The van der Waals surface area contributed by atoms with Crippen molar-refractivity contribution in [2.75, 3.05) is 20.2 Å². The fraction of sp³-hybridized carbons (Fsp3) is 0.636. The SMILES string of the molecule is Cc1nc(/C(N)=C(\CNC(=O)OCC2CCC2)N(C)N)ccc1OC1CCCCC1. The molecule has 0 aliphatic heterocycles. The molecule has 0 bridgehead atoms. The first-order chi connectivity index (χ1) is 14.4. The van der Waals surface area contributed by atoms with Crippen LogP contribution < -0.4 is 21.6 Å². The van der Waals surface area contributed by atoms with Crippen molar-refractivity contribution in [3.05, 3.63) is 29.2 Å². The number of hydrazine groups is 1. The van der Waals surface area contributed by atoms with Gasteiger partial charge in [0.05, 0.1) is 42.0 Å². The van der Waals surface area contributed by atoms with Crippen molar-refractivity contribution in [1.29, 1.82) is 0 Å². The summed E-state index contributed by atoms with van der Waals surface area (Å²) in [6.45, 7) is 2.53. The lowest BCUT2D eigenvalue weighted by atomic mass is 9.86. The number of hydrogen-bond acceptors (Lipinski definition) is 7. The van der Waals surface area contributed by atoms with Gasteiger partial charge in [-0.2, -0.15) is 0 Å². The summed E-state index contributed by atoms with van der Waals surface area (Å²) in [5.74, 6) is 7.24. The number of nitrogens with zero attached hydrogens (tertiary/aromatic N) is 2. The van der Waals surface area contributed by atoms with Gasteiger partial charge in [-0.1, -0.05) is 12.8 Å². The molecule has 1 heterocycles. The molecule has 2 aliphatic carbocycles. The van der Waals surface area contributed by atoms with E-state index in [0.29, 0.717) is 29.6 Å². The largest absolute Gasteiger partial charge is 0.489 e. The van der Waals surface area contributed by atoms with E-state index < -0.39 is 6.09 Å². The number of alkyl carbamates (subject to hydrolysis) is 1. The maximum Gasteiger partial charge on any atom is 0.407 e. The monoisotopic (exact) mass is 417 g/mol. The lowest BCUT2D eigenvalue weighted by Gasteiger charge is -2.25. The second kappa shape index (κ2) is 10.5. The first-order valence-electron chi connectivity index (χ1n) is 11.0. The van der Waals surface area contributed by atoms with E-state index in [-0.39, 0.29) is 12.6 Å². The third kappa shape index (κ3) is 6.01. The lowest BCUT2D eigenvalue weighted by molar-refractivity contribution is 0.104. The smallest absolute Gasteiger partial charge is 0.407 e. The predicted octanol–water partition coefficient (Wildman–Crippen LogP) is 3.06. The second-order valence-electron chi connectivity index (χ2n) is 8.38. The van der Waals surface area contributed by atoms with Gasteiger partial charge in [-0.05, 0) is 63.5 Å². The van der Waals surface area contributed by atoms with Gasteiger partial charge in [0, 0.05) is 7.05 Å². The number of nitrogens with one attached hydrogen (secondary N) is 1. The van der Waals surface area contributed by atoms with E-state index in [0.717, 1.165) is 37.1 Å². The highest BCUT2D eigenvalue weighted by Crippen LogP contribution is 2.27. The number of ether oxygens (including phenoxy) is 2. The number of carbonyl (C=O) groups excluding carboxylic acids is 1. The Morgan fingerprint density at radius 1 is 1.20 bits per heavy atom. The lowest BCUT2D eigenvalue weighted by Crippen LogP contribution is -2.37. The van der Waals surface area contributed by atoms with Gasteiger partial charge >= 0.3 is 6.09 Å². The second-order valence-corrected chi connectivity index (χ2v) is 8.38. The maximum absolute atomic E-state index is 12.0. The summed E-state index contributed by atoms with van der Waals surface area (Å²) in [7, 11) is 1.68. The van der Waals surface area contributed by atoms with E-state index in [4.69, 9.17) is 21.1 Å². The fourth-order valence-electron chi connectivity index (χ4n) is 3.80. The zero-order chi connectivity index (χ0) is 21.5. The van der Waals surface area contributed by atoms with Crippen LogP contribution in [0.2, 0.25) is 0 Å². The van der Waals surface area contributed by atoms with Crippen LogP contribution in [0.5, 0.6) is 5.75 Å². The van der Waals surface area contributed by atoms with Crippen molar-refractivity contribution in [2.24, 2.45) is 17.5 Å². The molecule has 0 atom stereocenters. The number of nitrogens with two attached hydrogens (primary N) is 2. The van der Waals surface area contributed by atoms with Crippen LogP contribution in [0.4, 0.5) is 4.79 Å². The normalized spacial score (nSPS) is 18.2. The molecule has 0 unspecified atom stereocenters. The first kappa shape index (κ1) is 22.2. The molecule has 1 aromatic rings. The van der Waals surface area contributed by atoms with Crippen LogP contribution in [0.1, 0.15) is 62.8 Å². The minimum atomic E-state index is -0.464. The Balaban J connectivity index is 1.62. The molecule has 3 rings (SSSR count). The Morgan fingerprint density at radius 3 is 2.53 bits per heavy atom. The average Bonchev–Trinajstić information content (AvgIpc) is 2.69. The number of likely N-dealkylation sites (N-methyl/N-ethyl adjacent to an activating group) is 1. The summed E-state index contributed by atoms with van der Waals surface area (Å²) >= 11 is 0. The van der Waals surface area contributed by atoms with Crippen LogP contribution >= 0.6 is 0 Å². The van der Waals surface area contributed by atoms with Crippen molar-refractivity contribution in [3.63, 3.8) is 0 Å². The molecule has 0 radical (unpaired) electrons. The van der Waals surface area contributed by atoms with E-state index in [9.17, 15) is 4.79 Å². The Morgan fingerprint density at radius 2 is 1.93 bits per heavy atom. The fourth-order valence-corrected chi connectivity index (χ4v) is 3.80. The molecule has 1 aromatic heterocycles. The Bertz CT molecular complexity index is 755.